The van der Waals surface area contributed by atoms with Gasteiger partial charge < -0.3 is 14.8 Å². The zero-order valence-electron chi connectivity index (χ0n) is 13.0. The van der Waals surface area contributed by atoms with E-state index >= 15 is 0 Å². The molecule has 0 aliphatic carbocycles. The lowest BCUT2D eigenvalue weighted by molar-refractivity contribution is -0.103. The molecular formula is C18H27NO2. The summed E-state index contributed by atoms with van der Waals surface area (Å²) in [7, 11) is 0. The summed E-state index contributed by atoms with van der Waals surface area (Å²) in [4.78, 5) is 0. The van der Waals surface area contributed by atoms with E-state index in [1.54, 1.807) is 0 Å². The molecular weight excluding hydrogens is 262 g/mol. The number of benzene rings is 1. The second-order valence-corrected chi connectivity index (χ2v) is 6.44. The summed E-state index contributed by atoms with van der Waals surface area (Å²) in [5.74, 6) is 0.681. The minimum absolute atomic E-state index is 0.00722. The Morgan fingerprint density at radius 1 is 1.29 bits per heavy atom. The molecule has 0 aromatic heterocycles. The van der Waals surface area contributed by atoms with Crippen LogP contribution in [0.5, 0.6) is 0 Å². The molecule has 3 heteroatoms. The van der Waals surface area contributed by atoms with E-state index in [4.69, 9.17) is 9.47 Å². The normalized spacial score (nSPS) is 30.6. The van der Waals surface area contributed by atoms with Gasteiger partial charge in [-0.15, -0.1) is 0 Å². The van der Waals surface area contributed by atoms with Gasteiger partial charge in [-0.1, -0.05) is 37.3 Å². The molecule has 3 rings (SSSR count). The molecule has 2 aliphatic rings. The molecule has 1 aromatic rings. The average molecular weight is 289 g/mol. The standard InChI is InChI=1S/C18H27NO2/c1-2-19-17(12-15-6-4-3-5-7-15)16-8-10-21-18(13-16)9-11-20-14-18/h3-7,16-17,19H,2,8-14H2,1H3. The van der Waals surface area contributed by atoms with Gasteiger partial charge in [0.2, 0.25) is 0 Å². The lowest BCUT2D eigenvalue weighted by Crippen LogP contribution is -2.48. The number of hydrogen-bond donors (Lipinski definition) is 1. The maximum atomic E-state index is 6.08. The van der Waals surface area contributed by atoms with E-state index < -0.39 is 0 Å². The van der Waals surface area contributed by atoms with Crippen molar-refractivity contribution in [1.82, 2.24) is 5.32 Å². The number of ether oxygens (including phenoxy) is 2. The molecule has 2 saturated heterocycles. The Morgan fingerprint density at radius 3 is 2.86 bits per heavy atom. The van der Waals surface area contributed by atoms with Crippen molar-refractivity contribution in [3.63, 3.8) is 0 Å². The Labute approximate surface area is 128 Å². The quantitative estimate of drug-likeness (QED) is 0.904. The van der Waals surface area contributed by atoms with Crippen LogP contribution in [-0.4, -0.2) is 38.0 Å². The fraction of sp³-hybridized carbons (Fsp3) is 0.667. The van der Waals surface area contributed by atoms with Crippen LogP contribution in [0.4, 0.5) is 0 Å². The molecule has 2 aliphatic heterocycles. The zero-order chi connectivity index (χ0) is 14.5. The van der Waals surface area contributed by atoms with E-state index in [0.717, 1.165) is 52.0 Å². The van der Waals surface area contributed by atoms with Gasteiger partial charge in [-0.3, -0.25) is 0 Å². The summed E-state index contributed by atoms with van der Waals surface area (Å²) >= 11 is 0. The van der Waals surface area contributed by atoms with Gasteiger partial charge in [0.05, 0.1) is 12.2 Å². The van der Waals surface area contributed by atoms with Crippen LogP contribution in [0.25, 0.3) is 0 Å². The molecule has 0 amide bonds. The summed E-state index contributed by atoms with van der Waals surface area (Å²) in [6.07, 6.45) is 4.47. The molecule has 3 nitrogen and oxygen atoms in total. The van der Waals surface area contributed by atoms with Crippen molar-refractivity contribution < 1.29 is 9.47 Å². The van der Waals surface area contributed by atoms with Crippen LogP contribution in [0.3, 0.4) is 0 Å². The topological polar surface area (TPSA) is 30.5 Å². The van der Waals surface area contributed by atoms with Crippen molar-refractivity contribution in [3.05, 3.63) is 35.9 Å². The SMILES string of the molecule is CCNC(Cc1ccccc1)C1CCOC2(CCOC2)C1. The van der Waals surface area contributed by atoms with Gasteiger partial charge in [0.1, 0.15) is 0 Å². The molecule has 0 saturated carbocycles. The second-order valence-electron chi connectivity index (χ2n) is 6.44. The van der Waals surface area contributed by atoms with Crippen LogP contribution in [0.2, 0.25) is 0 Å². The van der Waals surface area contributed by atoms with Gasteiger partial charge in [0.25, 0.3) is 0 Å². The summed E-state index contributed by atoms with van der Waals surface area (Å²) < 4.78 is 11.7. The first-order valence-electron chi connectivity index (χ1n) is 8.30. The first-order valence-corrected chi connectivity index (χ1v) is 8.30. The molecule has 1 aromatic carbocycles. The first-order chi connectivity index (χ1) is 10.3. The first kappa shape index (κ1) is 15.0. The van der Waals surface area contributed by atoms with Crippen molar-refractivity contribution in [2.24, 2.45) is 5.92 Å². The summed E-state index contributed by atoms with van der Waals surface area (Å²) in [6.45, 7) is 5.75. The van der Waals surface area contributed by atoms with Crippen LogP contribution >= 0.6 is 0 Å². The Balaban J connectivity index is 1.68. The lowest BCUT2D eigenvalue weighted by Gasteiger charge is -2.40. The zero-order valence-corrected chi connectivity index (χ0v) is 13.0. The van der Waals surface area contributed by atoms with Crippen LogP contribution in [-0.2, 0) is 15.9 Å². The second kappa shape index (κ2) is 6.91. The predicted octanol–water partition coefficient (Wildman–Crippen LogP) is 2.79. The van der Waals surface area contributed by atoms with Crippen molar-refractivity contribution in [1.29, 1.82) is 0 Å². The molecule has 1 spiro atoms. The third kappa shape index (κ3) is 3.65. The molecule has 3 unspecified atom stereocenters. The van der Waals surface area contributed by atoms with Gasteiger partial charge in [-0.2, -0.15) is 0 Å². The highest BCUT2D eigenvalue weighted by molar-refractivity contribution is 5.16. The Morgan fingerprint density at radius 2 is 2.14 bits per heavy atom. The van der Waals surface area contributed by atoms with Gasteiger partial charge in [0.15, 0.2) is 0 Å². The van der Waals surface area contributed by atoms with Crippen LogP contribution < -0.4 is 5.32 Å². The van der Waals surface area contributed by atoms with Crippen LogP contribution in [0, 0.1) is 5.92 Å². The van der Waals surface area contributed by atoms with E-state index in [1.807, 2.05) is 0 Å². The summed E-state index contributed by atoms with van der Waals surface area (Å²) in [5.41, 5.74) is 1.43. The average Bonchev–Trinajstić information content (AvgIpc) is 2.96. The minimum atomic E-state index is 0.00722. The van der Waals surface area contributed by atoms with Crippen LogP contribution in [0.1, 0.15) is 31.7 Å². The molecule has 3 atom stereocenters. The van der Waals surface area contributed by atoms with Gasteiger partial charge in [-0.05, 0) is 37.3 Å². The molecule has 2 heterocycles. The number of nitrogens with one attached hydrogen (secondary N) is 1. The molecule has 0 bridgehead atoms. The third-order valence-electron chi connectivity index (χ3n) is 4.93. The fourth-order valence-corrected chi connectivity index (χ4v) is 3.81. The highest BCUT2D eigenvalue weighted by Crippen LogP contribution is 2.37. The summed E-state index contributed by atoms with van der Waals surface area (Å²) in [5, 5.41) is 3.71. The van der Waals surface area contributed by atoms with Crippen molar-refractivity contribution >= 4 is 0 Å². The minimum Gasteiger partial charge on any atom is -0.378 e. The highest BCUT2D eigenvalue weighted by atomic mass is 16.6. The Hall–Kier alpha value is -0.900. The third-order valence-corrected chi connectivity index (χ3v) is 4.93. The summed E-state index contributed by atoms with van der Waals surface area (Å²) in [6, 6.07) is 11.4. The molecule has 0 radical (unpaired) electrons. The fourth-order valence-electron chi connectivity index (χ4n) is 3.81. The number of hydrogen-bond acceptors (Lipinski definition) is 3. The number of rotatable bonds is 5. The van der Waals surface area contributed by atoms with E-state index in [2.05, 4.69) is 42.6 Å². The largest absolute Gasteiger partial charge is 0.378 e. The molecule has 116 valence electrons. The Kier molecular flexibility index (Phi) is 4.94. The van der Waals surface area contributed by atoms with E-state index in [0.29, 0.717) is 12.0 Å². The van der Waals surface area contributed by atoms with Crippen molar-refractivity contribution in [2.45, 2.75) is 44.2 Å². The van der Waals surface area contributed by atoms with Gasteiger partial charge >= 0.3 is 0 Å². The monoisotopic (exact) mass is 289 g/mol. The number of likely N-dealkylation sites (N-methyl/N-ethyl adjacent to an activating group) is 1. The van der Waals surface area contributed by atoms with Gasteiger partial charge in [0, 0.05) is 25.7 Å². The smallest absolute Gasteiger partial charge is 0.0939 e. The lowest BCUT2D eigenvalue weighted by atomic mass is 9.79. The van der Waals surface area contributed by atoms with E-state index in [9.17, 15) is 0 Å². The van der Waals surface area contributed by atoms with E-state index in [1.165, 1.54) is 5.56 Å². The van der Waals surface area contributed by atoms with Crippen LogP contribution in [0.15, 0.2) is 30.3 Å². The van der Waals surface area contributed by atoms with Crippen molar-refractivity contribution in [2.75, 3.05) is 26.4 Å². The van der Waals surface area contributed by atoms with Crippen molar-refractivity contribution in [3.8, 4) is 0 Å². The molecule has 1 N–H and O–H groups in total. The maximum absolute atomic E-state index is 6.08. The Bertz CT molecular complexity index is 428. The highest BCUT2D eigenvalue weighted by Gasteiger charge is 2.42. The predicted molar refractivity (Wildman–Crippen MR) is 84.5 cm³/mol. The molecule has 21 heavy (non-hydrogen) atoms. The van der Waals surface area contributed by atoms with Gasteiger partial charge in [-0.25, -0.2) is 0 Å². The molecule has 2 fully saturated rings. The maximum Gasteiger partial charge on any atom is 0.0939 e. The van der Waals surface area contributed by atoms with E-state index in [-0.39, 0.29) is 5.60 Å².